The highest BCUT2D eigenvalue weighted by atomic mass is 32.2. The van der Waals surface area contributed by atoms with Gasteiger partial charge >= 0.3 is 0 Å². The molecule has 0 unspecified atom stereocenters. The van der Waals surface area contributed by atoms with E-state index in [0.29, 0.717) is 67.5 Å². The van der Waals surface area contributed by atoms with Crippen molar-refractivity contribution in [3.05, 3.63) is 42.0 Å². The smallest absolute Gasteiger partial charge is 0.260 e. The molecule has 0 saturated carbocycles. The van der Waals surface area contributed by atoms with Crippen molar-refractivity contribution in [2.24, 2.45) is 5.92 Å². The van der Waals surface area contributed by atoms with E-state index in [4.69, 9.17) is 14.5 Å². The summed E-state index contributed by atoms with van der Waals surface area (Å²) in [6.45, 7) is 11.3. The molecule has 11 heteroatoms. The third-order valence-electron chi connectivity index (χ3n) is 7.53. The number of amides is 1. The second-order valence-corrected chi connectivity index (χ2v) is 13.0. The number of nitrogens with zero attached hydrogens (tertiary/aromatic N) is 4. The number of hydrogen-bond acceptors (Lipinski definition) is 8. The van der Waals surface area contributed by atoms with Crippen LogP contribution in [0.3, 0.4) is 0 Å². The molecule has 0 spiro atoms. The molecule has 0 atom stereocenters. The Bertz CT molecular complexity index is 1370. The molecule has 1 aromatic heterocycles. The summed E-state index contributed by atoms with van der Waals surface area (Å²) in [6.07, 6.45) is 1.72. The first-order valence-electron chi connectivity index (χ1n) is 13.6. The Morgan fingerprint density at radius 3 is 2.31 bits per heavy atom. The van der Waals surface area contributed by atoms with E-state index in [9.17, 15) is 13.2 Å². The van der Waals surface area contributed by atoms with E-state index < -0.39 is 10.0 Å². The Hall–Kier alpha value is -2.73. The van der Waals surface area contributed by atoms with E-state index >= 15 is 0 Å². The van der Waals surface area contributed by atoms with E-state index in [0.717, 1.165) is 36.1 Å². The summed E-state index contributed by atoms with van der Waals surface area (Å²) in [6, 6.07) is 10.1. The molecule has 1 fully saturated rings. The first kappa shape index (κ1) is 27.8. The fourth-order valence-corrected chi connectivity index (χ4v) is 7.40. The van der Waals surface area contributed by atoms with E-state index in [1.165, 1.54) is 11.3 Å². The van der Waals surface area contributed by atoms with Gasteiger partial charge in [-0.1, -0.05) is 32.1 Å². The van der Waals surface area contributed by atoms with Gasteiger partial charge in [-0.05, 0) is 56.1 Å². The van der Waals surface area contributed by atoms with Crippen LogP contribution >= 0.6 is 11.3 Å². The summed E-state index contributed by atoms with van der Waals surface area (Å²) in [5, 5.41) is 0.587. The topological polar surface area (TPSA) is 92.3 Å². The van der Waals surface area contributed by atoms with Gasteiger partial charge in [0.15, 0.2) is 16.6 Å². The fraction of sp³-hybridized carbons (Fsp3) is 0.500. The molecule has 0 bridgehead atoms. The number of sulfonamides is 1. The summed E-state index contributed by atoms with van der Waals surface area (Å²) >= 11 is 1.43. The van der Waals surface area contributed by atoms with Crippen LogP contribution in [0, 0.1) is 5.92 Å². The van der Waals surface area contributed by atoms with Gasteiger partial charge < -0.3 is 14.4 Å². The van der Waals surface area contributed by atoms with Crippen molar-refractivity contribution < 1.29 is 22.7 Å². The van der Waals surface area contributed by atoms with E-state index in [2.05, 4.69) is 25.7 Å². The molecule has 9 nitrogen and oxygen atoms in total. The molecule has 0 radical (unpaired) electrons. The Kier molecular flexibility index (Phi) is 8.41. The molecule has 2 aliphatic heterocycles. The molecular weight excluding hydrogens is 536 g/mol. The van der Waals surface area contributed by atoms with E-state index in [1.807, 2.05) is 12.1 Å². The molecular formula is C28H36N4O5S2. The number of aromatic nitrogens is 1. The minimum Gasteiger partial charge on any atom is -0.486 e. The van der Waals surface area contributed by atoms with Crippen LogP contribution in [0.5, 0.6) is 11.5 Å². The fourth-order valence-electron chi connectivity index (χ4n) is 4.93. The number of anilines is 1. The lowest BCUT2D eigenvalue weighted by Crippen LogP contribution is -2.39. The van der Waals surface area contributed by atoms with Crippen molar-refractivity contribution >= 4 is 42.6 Å². The number of hydrogen-bond donors (Lipinski definition) is 0. The third kappa shape index (κ3) is 5.91. The van der Waals surface area contributed by atoms with Gasteiger partial charge in [0.1, 0.15) is 13.2 Å². The van der Waals surface area contributed by atoms with Crippen LogP contribution in [0.4, 0.5) is 5.13 Å². The summed E-state index contributed by atoms with van der Waals surface area (Å²) in [7, 11) is -3.59. The monoisotopic (exact) mass is 572 g/mol. The van der Waals surface area contributed by atoms with Gasteiger partial charge in [-0.15, -0.1) is 0 Å². The maximum atomic E-state index is 13.8. The molecule has 2 aliphatic rings. The molecule has 0 aliphatic carbocycles. The Balaban J connectivity index is 1.42. The molecule has 5 rings (SSSR count). The maximum absolute atomic E-state index is 13.8. The van der Waals surface area contributed by atoms with Gasteiger partial charge in [-0.3, -0.25) is 9.69 Å². The van der Waals surface area contributed by atoms with Gasteiger partial charge in [0.05, 0.1) is 15.1 Å². The molecule has 210 valence electrons. The zero-order valence-electron chi connectivity index (χ0n) is 22.8. The predicted molar refractivity (Wildman–Crippen MR) is 154 cm³/mol. The third-order valence-corrected chi connectivity index (χ3v) is 10.5. The lowest BCUT2D eigenvalue weighted by atomic mass is 10.0. The Morgan fingerprint density at radius 2 is 1.67 bits per heavy atom. The van der Waals surface area contributed by atoms with Crippen molar-refractivity contribution in [3.8, 4) is 11.5 Å². The first-order chi connectivity index (χ1) is 18.8. The summed E-state index contributed by atoms with van der Waals surface area (Å²) in [4.78, 5) is 22.8. The van der Waals surface area contributed by atoms with Crippen LogP contribution in [0.15, 0.2) is 41.3 Å². The zero-order chi connectivity index (χ0) is 27.6. The van der Waals surface area contributed by atoms with Crippen molar-refractivity contribution in [2.45, 2.75) is 38.5 Å². The largest absolute Gasteiger partial charge is 0.486 e. The molecule has 0 N–H and O–H groups in total. The highest BCUT2D eigenvalue weighted by Crippen LogP contribution is 2.39. The highest BCUT2D eigenvalue weighted by Gasteiger charge is 2.29. The van der Waals surface area contributed by atoms with Crippen LogP contribution in [0.2, 0.25) is 0 Å². The van der Waals surface area contributed by atoms with Crippen LogP contribution < -0.4 is 14.4 Å². The number of carbonyl (C=O) groups is 1. The molecule has 3 aromatic rings. The number of likely N-dealkylation sites (N-methyl/N-ethyl adjacent to an activating group) is 1. The Labute approximate surface area is 234 Å². The quantitative estimate of drug-likeness (QED) is 0.373. The van der Waals surface area contributed by atoms with Gasteiger partial charge in [0.25, 0.3) is 5.91 Å². The number of piperidine rings is 1. The number of benzene rings is 2. The SMILES string of the molecule is CCN(CC)CCN(C(=O)c1ccc(S(=O)(=O)N2CCC(C)CC2)cc1)c1nc2cc3c(cc2s1)OCCO3. The number of carbonyl (C=O) groups excluding carboxylic acids is 1. The molecule has 2 aromatic carbocycles. The van der Waals surface area contributed by atoms with Crippen molar-refractivity contribution in [3.63, 3.8) is 0 Å². The number of ether oxygens (including phenoxy) is 2. The van der Waals surface area contributed by atoms with Crippen LogP contribution in [0.25, 0.3) is 10.2 Å². The van der Waals surface area contributed by atoms with Crippen molar-refractivity contribution in [1.29, 1.82) is 0 Å². The maximum Gasteiger partial charge on any atom is 0.260 e. The Morgan fingerprint density at radius 1 is 1.03 bits per heavy atom. The minimum absolute atomic E-state index is 0.214. The summed E-state index contributed by atoms with van der Waals surface area (Å²) < 4.78 is 40.3. The predicted octanol–water partition coefficient (Wildman–Crippen LogP) is 4.48. The average Bonchev–Trinajstić information content (AvgIpc) is 3.36. The van der Waals surface area contributed by atoms with Crippen molar-refractivity contribution in [1.82, 2.24) is 14.2 Å². The average molecular weight is 573 g/mol. The van der Waals surface area contributed by atoms with Crippen LogP contribution in [-0.4, -0.2) is 81.0 Å². The number of rotatable bonds is 9. The standard InChI is InChI=1S/C28H36N4O5S2/c1-4-30(5-2)14-15-32(28-29-23-18-24-25(19-26(23)38-28)37-17-16-36-24)27(33)21-6-8-22(9-7-21)39(34,35)31-12-10-20(3)11-13-31/h6-9,18-20H,4-5,10-17H2,1-3H3. The molecule has 1 saturated heterocycles. The second kappa shape index (κ2) is 11.8. The van der Waals surface area contributed by atoms with Gasteiger partial charge in [0, 0.05) is 43.9 Å². The van der Waals surface area contributed by atoms with Gasteiger partial charge in [0.2, 0.25) is 10.0 Å². The molecule has 39 heavy (non-hydrogen) atoms. The van der Waals surface area contributed by atoms with Crippen LogP contribution in [0.1, 0.15) is 44.0 Å². The molecule has 1 amide bonds. The zero-order valence-corrected chi connectivity index (χ0v) is 24.4. The van der Waals surface area contributed by atoms with Gasteiger partial charge in [-0.2, -0.15) is 4.31 Å². The number of fused-ring (bicyclic) bond motifs is 2. The van der Waals surface area contributed by atoms with Gasteiger partial charge in [-0.25, -0.2) is 13.4 Å². The second-order valence-electron chi connectivity index (χ2n) is 10.1. The summed E-state index contributed by atoms with van der Waals surface area (Å²) in [5.74, 6) is 1.66. The van der Waals surface area contributed by atoms with Crippen LogP contribution in [-0.2, 0) is 10.0 Å². The highest BCUT2D eigenvalue weighted by molar-refractivity contribution is 7.89. The first-order valence-corrected chi connectivity index (χ1v) is 15.9. The minimum atomic E-state index is -3.59. The van der Waals surface area contributed by atoms with E-state index in [1.54, 1.807) is 33.5 Å². The normalized spacial score (nSPS) is 16.6. The molecule has 3 heterocycles. The van der Waals surface area contributed by atoms with E-state index in [-0.39, 0.29) is 10.8 Å². The number of thiazole rings is 1. The lowest BCUT2D eigenvalue weighted by Gasteiger charge is -2.29. The van der Waals surface area contributed by atoms with Crippen molar-refractivity contribution in [2.75, 3.05) is 57.4 Å². The lowest BCUT2D eigenvalue weighted by molar-refractivity contribution is 0.0983. The summed E-state index contributed by atoms with van der Waals surface area (Å²) in [5.41, 5.74) is 1.17.